The highest BCUT2D eigenvalue weighted by atomic mass is 32.1. The van der Waals surface area contributed by atoms with Gasteiger partial charge in [-0.2, -0.15) is 0 Å². The van der Waals surface area contributed by atoms with Crippen LogP contribution in [0.2, 0.25) is 0 Å². The maximum Gasteiger partial charge on any atom is 0.210 e. The van der Waals surface area contributed by atoms with Gasteiger partial charge in [-0.25, -0.2) is 0 Å². The van der Waals surface area contributed by atoms with Gasteiger partial charge in [0.05, 0.1) is 5.56 Å². The van der Waals surface area contributed by atoms with E-state index in [-0.39, 0.29) is 5.75 Å². The molecule has 0 spiro atoms. The Morgan fingerprint density at radius 1 is 1.00 bits per heavy atom. The number of para-hydroxylation sites is 1. The SMILES string of the molecule is Cc1cc(C)cc(Nc2nnc(-c3ccccc3O)s2)c1. The van der Waals surface area contributed by atoms with E-state index >= 15 is 0 Å². The van der Waals surface area contributed by atoms with Crippen molar-refractivity contribution in [1.29, 1.82) is 0 Å². The van der Waals surface area contributed by atoms with E-state index in [0.29, 0.717) is 15.7 Å². The van der Waals surface area contributed by atoms with Crippen molar-refractivity contribution < 1.29 is 5.11 Å². The third-order valence-corrected chi connectivity index (χ3v) is 3.90. The number of rotatable bonds is 3. The van der Waals surface area contributed by atoms with Crippen LogP contribution in [0.1, 0.15) is 11.1 Å². The Morgan fingerprint density at radius 3 is 2.43 bits per heavy atom. The molecular formula is C16H15N3OS. The lowest BCUT2D eigenvalue weighted by Crippen LogP contribution is -1.91. The number of hydrogen-bond donors (Lipinski definition) is 2. The highest BCUT2D eigenvalue weighted by molar-refractivity contribution is 7.18. The number of aromatic nitrogens is 2. The normalized spacial score (nSPS) is 10.6. The molecule has 0 aliphatic carbocycles. The largest absolute Gasteiger partial charge is 0.507 e. The minimum atomic E-state index is 0.214. The Labute approximate surface area is 127 Å². The Kier molecular flexibility index (Phi) is 3.58. The molecule has 5 heteroatoms. The fourth-order valence-electron chi connectivity index (χ4n) is 2.21. The van der Waals surface area contributed by atoms with Crippen molar-refractivity contribution in [3.8, 4) is 16.3 Å². The van der Waals surface area contributed by atoms with Gasteiger partial charge in [0.2, 0.25) is 5.13 Å². The molecule has 1 aromatic heterocycles. The number of hydrogen-bond acceptors (Lipinski definition) is 5. The van der Waals surface area contributed by atoms with Crippen LogP contribution in [0, 0.1) is 13.8 Å². The lowest BCUT2D eigenvalue weighted by molar-refractivity contribution is 0.477. The summed E-state index contributed by atoms with van der Waals surface area (Å²) in [6.07, 6.45) is 0. The average molecular weight is 297 g/mol. The van der Waals surface area contributed by atoms with E-state index in [9.17, 15) is 5.11 Å². The zero-order chi connectivity index (χ0) is 14.8. The molecule has 0 unspecified atom stereocenters. The molecular weight excluding hydrogens is 282 g/mol. The van der Waals surface area contributed by atoms with E-state index in [0.717, 1.165) is 5.69 Å². The van der Waals surface area contributed by atoms with Crippen LogP contribution in [0.4, 0.5) is 10.8 Å². The summed E-state index contributed by atoms with van der Waals surface area (Å²) in [7, 11) is 0. The van der Waals surface area contributed by atoms with Crippen molar-refractivity contribution in [3.63, 3.8) is 0 Å². The standard InChI is InChI=1S/C16H15N3OS/c1-10-7-11(2)9-12(8-10)17-16-19-18-15(21-16)13-5-3-4-6-14(13)20/h3-9,20H,1-2H3,(H,17,19). The van der Waals surface area contributed by atoms with Gasteiger partial charge in [0.15, 0.2) is 5.01 Å². The summed E-state index contributed by atoms with van der Waals surface area (Å²) < 4.78 is 0. The van der Waals surface area contributed by atoms with Crippen molar-refractivity contribution in [2.75, 3.05) is 5.32 Å². The van der Waals surface area contributed by atoms with Crippen LogP contribution in [-0.4, -0.2) is 15.3 Å². The molecule has 4 nitrogen and oxygen atoms in total. The summed E-state index contributed by atoms with van der Waals surface area (Å²) in [5.74, 6) is 0.214. The molecule has 0 amide bonds. The van der Waals surface area contributed by atoms with Crippen LogP contribution < -0.4 is 5.32 Å². The van der Waals surface area contributed by atoms with Crippen LogP contribution in [0.15, 0.2) is 42.5 Å². The van der Waals surface area contributed by atoms with Crippen LogP contribution in [0.25, 0.3) is 10.6 Å². The number of nitrogens with one attached hydrogen (secondary N) is 1. The van der Waals surface area contributed by atoms with Crippen LogP contribution in [-0.2, 0) is 0 Å². The number of phenolic OH excluding ortho intramolecular Hbond substituents is 1. The van der Waals surface area contributed by atoms with E-state index in [2.05, 4.69) is 47.6 Å². The Balaban J connectivity index is 1.87. The summed E-state index contributed by atoms with van der Waals surface area (Å²) in [5.41, 5.74) is 4.09. The van der Waals surface area contributed by atoms with Gasteiger partial charge in [-0.05, 0) is 49.2 Å². The maximum absolute atomic E-state index is 9.85. The van der Waals surface area contributed by atoms with Gasteiger partial charge >= 0.3 is 0 Å². The number of benzene rings is 2. The van der Waals surface area contributed by atoms with Gasteiger partial charge in [-0.1, -0.05) is 29.5 Å². The van der Waals surface area contributed by atoms with E-state index in [1.165, 1.54) is 22.5 Å². The summed E-state index contributed by atoms with van der Waals surface area (Å²) in [4.78, 5) is 0. The molecule has 2 aromatic carbocycles. The molecule has 3 aromatic rings. The minimum absolute atomic E-state index is 0.214. The molecule has 3 rings (SSSR count). The fourth-order valence-corrected chi connectivity index (χ4v) is 3.01. The van der Waals surface area contributed by atoms with E-state index in [4.69, 9.17) is 0 Å². The maximum atomic E-state index is 9.85. The average Bonchev–Trinajstić information content (AvgIpc) is 2.86. The molecule has 0 atom stereocenters. The Bertz CT molecular complexity index is 762. The Morgan fingerprint density at radius 2 is 1.71 bits per heavy atom. The molecule has 2 N–H and O–H groups in total. The molecule has 0 radical (unpaired) electrons. The number of phenols is 1. The first-order chi connectivity index (χ1) is 10.1. The van der Waals surface area contributed by atoms with Crippen LogP contribution in [0.3, 0.4) is 0 Å². The van der Waals surface area contributed by atoms with E-state index < -0.39 is 0 Å². The van der Waals surface area contributed by atoms with Crippen molar-refractivity contribution in [2.45, 2.75) is 13.8 Å². The first-order valence-corrected chi connectivity index (χ1v) is 7.40. The van der Waals surface area contributed by atoms with Crippen LogP contribution >= 0.6 is 11.3 Å². The van der Waals surface area contributed by atoms with Gasteiger partial charge in [0.1, 0.15) is 5.75 Å². The molecule has 0 fully saturated rings. The topological polar surface area (TPSA) is 58.0 Å². The van der Waals surface area contributed by atoms with Crippen molar-refractivity contribution in [1.82, 2.24) is 10.2 Å². The van der Waals surface area contributed by atoms with Gasteiger partial charge in [0, 0.05) is 5.69 Å². The van der Waals surface area contributed by atoms with Gasteiger partial charge < -0.3 is 10.4 Å². The smallest absolute Gasteiger partial charge is 0.210 e. The lowest BCUT2D eigenvalue weighted by atomic mass is 10.1. The molecule has 0 aliphatic rings. The van der Waals surface area contributed by atoms with Crippen molar-refractivity contribution in [3.05, 3.63) is 53.6 Å². The first-order valence-electron chi connectivity index (χ1n) is 6.59. The summed E-state index contributed by atoms with van der Waals surface area (Å²) in [6, 6.07) is 13.4. The highest BCUT2D eigenvalue weighted by Gasteiger charge is 2.10. The lowest BCUT2D eigenvalue weighted by Gasteiger charge is -2.04. The quantitative estimate of drug-likeness (QED) is 0.758. The molecule has 106 valence electrons. The zero-order valence-electron chi connectivity index (χ0n) is 11.8. The molecule has 1 heterocycles. The highest BCUT2D eigenvalue weighted by Crippen LogP contribution is 2.33. The molecule has 0 bridgehead atoms. The predicted octanol–water partition coefficient (Wildman–Crippen LogP) is 4.27. The van der Waals surface area contributed by atoms with Gasteiger partial charge in [-0.15, -0.1) is 10.2 Å². The van der Waals surface area contributed by atoms with Crippen LogP contribution in [0.5, 0.6) is 5.75 Å². The second kappa shape index (κ2) is 5.54. The van der Waals surface area contributed by atoms with Gasteiger partial charge in [0.25, 0.3) is 0 Å². The molecule has 0 saturated heterocycles. The third-order valence-electron chi connectivity index (χ3n) is 3.03. The monoisotopic (exact) mass is 297 g/mol. The minimum Gasteiger partial charge on any atom is -0.507 e. The zero-order valence-corrected chi connectivity index (χ0v) is 12.6. The van der Waals surface area contributed by atoms with E-state index in [1.54, 1.807) is 12.1 Å². The molecule has 21 heavy (non-hydrogen) atoms. The number of anilines is 2. The van der Waals surface area contributed by atoms with Crippen molar-refractivity contribution in [2.24, 2.45) is 0 Å². The summed E-state index contributed by atoms with van der Waals surface area (Å²) in [5, 5.41) is 22.8. The van der Waals surface area contributed by atoms with Crippen molar-refractivity contribution >= 4 is 22.2 Å². The second-order valence-corrected chi connectivity index (χ2v) is 5.91. The molecule has 0 aliphatic heterocycles. The molecule has 0 saturated carbocycles. The fraction of sp³-hybridized carbons (Fsp3) is 0.125. The van der Waals surface area contributed by atoms with Gasteiger partial charge in [-0.3, -0.25) is 0 Å². The Hall–Kier alpha value is -2.40. The first kappa shape index (κ1) is 13.6. The summed E-state index contributed by atoms with van der Waals surface area (Å²) >= 11 is 1.41. The third kappa shape index (κ3) is 3.03. The predicted molar refractivity (Wildman–Crippen MR) is 86.2 cm³/mol. The van der Waals surface area contributed by atoms with E-state index in [1.807, 2.05) is 12.1 Å². The number of aryl methyl sites for hydroxylation is 2. The second-order valence-electron chi connectivity index (χ2n) is 4.93. The number of nitrogens with zero attached hydrogens (tertiary/aromatic N) is 2. The number of aromatic hydroxyl groups is 1. The summed E-state index contributed by atoms with van der Waals surface area (Å²) in [6.45, 7) is 4.12.